The number of nitrogens with zero attached hydrogens (tertiary/aromatic N) is 1. The number of amides is 1. The molecular weight excluding hydrogens is 390 g/mol. The zero-order valence-corrected chi connectivity index (χ0v) is 17.2. The van der Waals surface area contributed by atoms with Crippen molar-refractivity contribution in [1.82, 2.24) is 4.90 Å². The van der Waals surface area contributed by atoms with E-state index >= 15 is 0 Å². The molecule has 8 heteroatoms. The lowest BCUT2D eigenvalue weighted by molar-refractivity contribution is -0.135. The van der Waals surface area contributed by atoms with Gasteiger partial charge in [0, 0.05) is 18.2 Å². The summed E-state index contributed by atoms with van der Waals surface area (Å²) < 4.78 is 20.9. The van der Waals surface area contributed by atoms with Crippen LogP contribution in [0.3, 0.4) is 0 Å². The summed E-state index contributed by atoms with van der Waals surface area (Å²) in [5.74, 6) is 0.383. The van der Waals surface area contributed by atoms with Crippen LogP contribution in [-0.4, -0.2) is 56.4 Å². The molecule has 0 unspecified atom stereocenters. The van der Waals surface area contributed by atoms with E-state index in [0.717, 1.165) is 18.4 Å². The summed E-state index contributed by atoms with van der Waals surface area (Å²) in [5, 5.41) is 9.97. The fourth-order valence-corrected chi connectivity index (χ4v) is 3.59. The summed E-state index contributed by atoms with van der Waals surface area (Å²) in [5.41, 5.74) is 0.817. The van der Waals surface area contributed by atoms with E-state index in [1.54, 1.807) is 25.2 Å². The van der Waals surface area contributed by atoms with Gasteiger partial charge in [0.15, 0.2) is 6.61 Å². The maximum atomic E-state index is 12.8. The number of benzene rings is 2. The molecule has 1 atom stereocenters. The smallest absolute Gasteiger partial charge is 0.342 e. The standard InChI is InChI=1S/C22H25NO7/c1-27-14-7-9-20(29-3)17(11-14)18-5-4-10-23(18)21(25)13-30-22(26)16-8-6-15(28-2)12-19(16)24/h6-9,11-12,18,24H,4-5,10,13H2,1-3H3/t18-/m1/s1. The van der Waals surface area contributed by atoms with Crippen LogP contribution in [0.15, 0.2) is 36.4 Å². The maximum absolute atomic E-state index is 12.8. The zero-order chi connectivity index (χ0) is 21.7. The minimum absolute atomic E-state index is 0.0314. The van der Waals surface area contributed by atoms with E-state index in [-0.39, 0.29) is 23.3 Å². The maximum Gasteiger partial charge on any atom is 0.342 e. The Hall–Kier alpha value is -3.42. The van der Waals surface area contributed by atoms with Gasteiger partial charge in [-0.15, -0.1) is 0 Å². The Bertz CT molecular complexity index is 928. The highest BCUT2D eigenvalue weighted by Gasteiger charge is 2.32. The van der Waals surface area contributed by atoms with Gasteiger partial charge in [0.1, 0.15) is 28.6 Å². The number of rotatable bonds is 7. The average Bonchev–Trinajstić information content (AvgIpc) is 3.26. The fraction of sp³-hybridized carbons (Fsp3) is 0.364. The second-order valence-electron chi connectivity index (χ2n) is 6.81. The number of ether oxygens (including phenoxy) is 4. The van der Waals surface area contributed by atoms with Crippen molar-refractivity contribution in [2.24, 2.45) is 0 Å². The van der Waals surface area contributed by atoms with Gasteiger partial charge in [0.2, 0.25) is 0 Å². The number of phenols is 1. The van der Waals surface area contributed by atoms with Crippen molar-refractivity contribution < 1.29 is 33.6 Å². The molecule has 1 fully saturated rings. The highest BCUT2D eigenvalue weighted by atomic mass is 16.5. The SMILES string of the molecule is COc1ccc(C(=O)OCC(=O)N2CCC[C@@H]2c2cc(OC)ccc2OC)c(O)c1. The van der Waals surface area contributed by atoms with Crippen LogP contribution in [0.4, 0.5) is 0 Å². The molecule has 0 spiro atoms. The van der Waals surface area contributed by atoms with Gasteiger partial charge in [-0.2, -0.15) is 0 Å². The second-order valence-corrected chi connectivity index (χ2v) is 6.81. The summed E-state index contributed by atoms with van der Waals surface area (Å²) in [7, 11) is 4.61. The number of hydrogen-bond acceptors (Lipinski definition) is 7. The molecule has 1 aliphatic rings. The van der Waals surface area contributed by atoms with Crippen LogP contribution >= 0.6 is 0 Å². The second kappa shape index (κ2) is 9.39. The minimum atomic E-state index is -0.779. The van der Waals surface area contributed by atoms with Crippen LogP contribution in [-0.2, 0) is 9.53 Å². The number of phenolic OH excluding ortho intramolecular Hbond substituents is 1. The number of aromatic hydroxyl groups is 1. The third kappa shape index (κ3) is 4.42. The van der Waals surface area contributed by atoms with E-state index in [0.29, 0.717) is 23.8 Å². The van der Waals surface area contributed by atoms with Crippen molar-refractivity contribution in [3.05, 3.63) is 47.5 Å². The lowest BCUT2D eigenvalue weighted by Crippen LogP contribution is -2.34. The molecule has 2 aromatic carbocycles. The molecule has 0 aromatic heterocycles. The largest absolute Gasteiger partial charge is 0.507 e. The van der Waals surface area contributed by atoms with E-state index < -0.39 is 12.6 Å². The van der Waals surface area contributed by atoms with E-state index in [9.17, 15) is 14.7 Å². The monoisotopic (exact) mass is 415 g/mol. The van der Waals surface area contributed by atoms with Gasteiger partial charge < -0.3 is 29.0 Å². The number of esters is 1. The molecule has 0 saturated carbocycles. The molecule has 1 saturated heterocycles. The number of hydrogen-bond donors (Lipinski definition) is 1. The molecular formula is C22H25NO7. The summed E-state index contributed by atoms with van der Waals surface area (Å²) in [6, 6.07) is 9.50. The van der Waals surface area contributed by atoms with Crippen LogP contribution in [0.25, 0.3) is 0 Å². The van der Waals surface area contributed by atoms with Crippen LogP contribution in [0.2, 0.25) is 0 Å². The predicted octanol–water partition coefficient (Wildman–Crippen LogP) is 2.94. The van der Waals surface area contributed by atoms with Crippen molar-refractivity contribution in [3.8, 4) is 23.0 Å². The molecule has 8 nitrogen and oxygen atoms in total. The number of carbonyl (C=O) groups is 2. The Morgan fingerprint density at radius 1 is 1.03 bits per heavy atom. The van der Waals surface area contributed by atoms with Gasteiger partial charge in [0.05, 0.1) is 27.4 Å². The Kier molecular flexibility index (Phi) is 6.66. The average molecular weight is 415 g/mol. The first-order valence-electron chi connectivity index (χ1n) is 9.54. The van der Waals surface area contributed by atoms with Crippen molar-refractivity contribution in [2.45, 2.75) is 18.9 Å². The molecule has 0 aliphatic carbocycles. The molecule has 1 aliphatic heterocycles. The normalized spacial score (nSPS) is 15.6. The summed E-state index contributed by atoms with van der Waals surface area (Å²) in [6.07, 6.45) is 1.59. The molecule has 1 amide bonds. The van der Waals surface area contributed by atoms with Gasteiger partial charge in [-0.05, 0) is 43.2 Å². The highest BCUT2D eigenvalue weighted by molar-refractivity contribution is 5.94. The lowest BCUT2D eigenvalue weighted by Gasteiger charge is -2.26. The molecule has 1 heterocycles. The lowest BCUT2D eigenvalue weighted by atomic mass is 10.0. The van der Waals surface area contributed by atoms with E-state index in [1.807, 2.05) is 12.1 Å². The Balaban J connectivity index is 1.70. The van der Waals surface area contributed by atoms with Crippen molar-refractivity contribution in [2.75, 3.05) is 34.5 Å². The Labute approximate surface area is 174 Å². The Morgan fingerprint density at radius 3 is 2.40 bits per heavy atom. The zero-order valence-electron chi connectivity index (χ0n) is 17.2. The topological polar surface area (TPSA) is 94.5 Å². The fourth-order valence-electron chi connectivity index (χ4n) is 3.59. The third-order valence-electron chi connectivity index (χ3n) is 5.12. The van der Waals surface area contributed by atoms with E-state index in [4.69, 9.17) is 18.9 Å². The highest BCUT2D eigenvalue weighted by Crippen LogP contribution is 2.39. The molecule has 0 bridgehead atoms. The van der Waals surface area contributed by atoms with Crippen LogP contribution in [0.1, 0.15) is 34.8 Å². The molecule has 0 radical (unpaired) electrons. The molecule has 3 rings (SSSR count). The van der Waals surface area contributed by atoms with Gasteiger partial charge >= 0.3 is 5.97 Å². The van der Waals surface area contributed by atoms with Crippen molar-refractivity contribution >= 4 is 11.9 Å². The van der Waals surface area contributed by atoms with E-state index in [2.05, 4.69) is 0 Å². The van der Waals surface area contributed by atoms with Crippen molar-refractivity contribution in [3.63, 3.8) is 0 Å². The first-order valence-corrected chi connectivity index (χ1v) is 9.54. The quantitative estimate of drug-likeness (QED) is 0.695. The molecule has 160 valence electrons. The van der Waals surface area contributed by atoms with Crippen LogP contribution in [0.5, 0.6) is 23.0 Å². The van der Waals surface area contributed by atoms with Crippen LogP contribution in [0, 0.1) is 0 Å². The summed E-state index contributed by atoms with van der Waals surface area (Å²) >= 11 is 0. The van der Waals surface area contributed by atoms with Gasteiger partial charge in [-0.25, -0.2) is 4.79 Å². The van der Waals surface area contributed by atoms with Gasteiger partial charge in [-0.1, -0.05) is 0 Å². The predicted molar refractivity (Wildman–Crippen MR) is 108 cm³/mol. The Morgan fingerprint density at radius 2 is 1.73 bits per heavy atom. The number of likely N-dealkylation sites (tertiary alicyclic amines) is 1. The minimum Gasteiger partial charge on any atom is -0.507 e. The number of methoxy groups -OCH3 is 3. The number of carbonyl (C=O) groups excluding carboxylic acids is 2. The van der Waals surface area contributed by atoms with Gasteiger partial charge in [0.25, 0.3) is 5.91 Å². The molecule has 1 N–H and O–H groups in total. The first-order chi connectivity index (χ1) is 14.5. The van der Waals surface area contributed by atoms with Crippen molar-refractivity contribution in [1.29, 1.82) is 0 Å². The molecule has 30 heavy (non-hydrogen) atoms. The third-order valence-corrected chi connectivity index (χ3v) is 5.12. The summed E-state index contributed by atoms with van der Waals surface area (Å²) in [6.45, 7) is 0.127. The van der Waals surface area contributed by atoms with Crippen LogP contribution < -0.4 is 14.2 Å². The van der Waals surface area contributed by atoms with E-state index in [1.165, 1.54) is 25.3 Å². The summed E-state index contributed by atoms with van der Waals surface area (Å²) in [4.78, 5) is 26.8. The van der Waals surface area contributed by atoms with Gasteiger partial charge in [-0.3, -0.25) is 4.79 Å². The first kappa shape index (κ1) is 21.3. The molecule has 2 aromatic rings.